The van der Waals surface area contributed by atoms with Crippen LogP contribution in [-0.2, 0) is 9.59 Å². The molecule has 2 heteroatoms. The molecule has 1 rings (SSSR count). The van der Waals surface area contributed by atoms with E-state index in [2.05, 4.69) is 25.7 Å². The van der Waals surface area contributed by atoms with E-state index >= 15 is 0 Å². The average Bonchev–Trinajstić information content (AvgIpc) is 2.22. The Labute approximate surface area is 97.1 Å². The lowest BCUT2D eigenvalue weighted by atomic mass is 9.89. The van der Waals surface area contributed by atoms with E-state index in [1.807, 2.05) is 6.42 Å². The Morgan fingerprint density at radius 2 is 1.88 bits per heavy atom. The second-order valence-corrected chi connectivity index (χ2v) is 4.36. The Morgan fingerprint density at radius 1 is 1.25 bits per heavy atom. The van der Waals surface area contributed by atoms with E-state index in [-0.39, 0.29) is 11.6 Å². The highest BCUT2D eigenvalue weighted by Crippen LogP contribution is 2.20. The normalized spacial score (nSPS) is 16.5. The number of ketones is 2. The first-order valence-corrected chi connectivity index (χ1v) is 5.60. The van der Waals surface area contributed by atoms with Crippen LogP contribution in [0.15, 0.2) is 11.1 Å². The van der Waals surface area contributed by atoms with Crippen molar-refractivity contribution in [2.45, 2.75) is 40.0 Å². The molecule has 1 aliphatic rings. The third kappa shape index (κ3) is 3.34. The van der Waals surface area contributed by atoms with E-state index in [0.29, 0.717) is 36.3 Å². The maximum Gasteiger partial charge on any atom is 0.160 e. The average molecular weight is 217 g/mol. The molecule has 0 fully saturated rings. The smallest absolute Gasteiger partial charge is 0.160 e. The zero-order valence-corrected chi connectivity index (χ0v) is 10.1. The Kier molecular flexibility index (Phi) is 4.49. The van der Waals surface area contributed by atoms with Crippen LogP contribution in [0, 0.1) is 24.2 Å². The SMILES string of the molecule is CC1=C(CC#C[CH]C(C)C)C(=O)CCC1=O. The lowest BCUT2D eigenvalue weighted by Crippen LogP contribution is -2.17. The molecule has 0 heterocycles. The van der Waals surface area contributed by atoms with Crippen molar-refractivity contribution < 1.29 is 9.59 Å². The van der Waals surface area contributed by atoms with Gasteiger partial charge in [-0.3, -0.25) is 9.59 Å². The number of carbonyl (C=O) groups excluding carboxylic acids is 2. The Balaban J connectivity index is 2.70. The van der Waals surface area contributed by atoms with E-state index in [0.717, 1.165) is 0 Å². The summed E-state index contributed by atoms with van der Waals surface area (Å²) in [6, 6.07) is 0. The molecule has 1 radical (unpaired) electrons. The third-order valence-electron chi connectivity index (χ3n) is 2.57. The van der Waals surface area contributed by atoms with Crippen LogP contribution in [0.4, 0.5) is 0 Å². The summed E-state index contributed by atoms with van der Waals surface area (Å²) in [5.74, 6) is 6.44. The van der Waals surface area contributed by atoms with Crippen LogP contribution in [0.25, 0.3) is 0 Å². The van der Waals surface area contributed by atoms with Crippen molar-refractivity contribution in [2.24, 2.45) is 5.92 Å². The van der Waals surface area contributed by atoms with E-state index in [9.17, 15) is 9.59 Å². The predicted molar refractivity (Wildman–Crippen MR) is 63.5 cm³/mol. The molecule has 0 atom stereocenters. The Morgan fingerprint density at radius 3 is 2.50 bits per heavy atom. The molecule has 0 aromatic rings. The van der Waals surface area contributed by atoms with Crippen LogP contribution in [0.2, 0.25) is 0 Å². The standard InChI is InChI=1S/C14H17O2/c1-10(2)6-4-5-7-12-11(3)13(15)8-9-14(12)16/h6,10H,7-9H2,1-3H3. The predicted octanol–water partition coefficient (Wildman–Crippen LogP) is 2.49. The minimum atomic E-state index is 0.0796. The van der Waals surface area contributed by atoms with E-state index in [1.165, 1.54) is 0 Å². The van der Waals surface area contributed by atoms with Crippen molar-refractivity contribution in [1.82, 2.24) is 0 Å². The number of carbonyl (C=O) groups is 2. The first kappa shape index (κ1) is 12.7. The molecule has 0 aliphatic heterocycles. The molecule has 2 nitrogen and oxygen atoms in total. The van der Waals surface area contributed by atoms with Gasteiger partial charge in [0.15, 0.2) is 11.6 Å². The maximum absolute atomic E-state index is 11.6. The van der Waals surface area contributed by atoms with Crippen molar-refractivity contribution in [2.75, 3.05) is 0 Å². The summed E-state index contributed by atoms with van der Waals surface area (Å²) in [7, 11) is 0. The summed E-state index contributed by atoms with van der Waals surface area (Å²) >= 11 is 0. The quantitative estimate of drug-likeness (QED) is 0.666. The van der Waals surface area contributed by atoms with Gasteiger partial charge in [0.25, 0.3) is 0 Å². The second-order valence-electron chi connectivity index (χ2n) is 4.36. The largest absolute Gasteiger partial charge is 0.295 e. The summed E-state index contributed by atoms with van der Waals surface area (Å²) < 4.78 is 0. The highest BCUT2D eigenvalue weighted by molar-refractivity contribution is 6.11. The van der Waals surface area contributed by atoms with Crippen LogP contribution in [-0.4, -0.2) is 11.6 Å². The summed E-state index contributed by atoms with van der Waals surface area (Å²) in [5, 5.41) is 0. The molecule has 0 unspecified atom stereocenters. The lowest BCUT2D eigenvalue weighted by molar-refractivity contribution is -0.122. The van der Waals surface area contributed by atoms with E-state index in [1.54, 1.807) is 6.92 Å². The zero-order chi connectivity index (χ0) is 12.1. The van der Waals surface area contributed by atoms with Crippen molar-refractivity contribution in [3.63, 3.8) is 0 Å². The molecule has 16 heavy (non-hydrogen) atoms. The fourth-order valence-corrected chi connectivity index (χ4v) is 1.54. The van der Waals surface area contributed by atoms with Gasteiger partial charge in [-0.05, 0) is 18.4 Å². The van der Waals surface area contributed by atoms with Crippen molar-refractivity contribution in [1.29, 1.82) is 0 Å². The molecule has 0 saturated heterocycles. The summed E-state index contributed by atoms with van der Waals surface area (Å²) in [6.45, 7) is 5.82. The third-order valence-corrected chi connectivity index (χ3v) is 2.57. The Bertz CT molecular complexity index is 389. The van der Waals surface area contributed by atoms with Crippen LogP contribution < -0.4 is 0 Å². The van der Waals surface area contributed by atoms with Gasteiger partial charge in [0.05, 0.1) is 0 Å². The van der Waals surface area contributed by atoms with Crippen LogP contribution in [0.3, 0.4) is 0 Å². The molecule has 0 spiro atoms. The first-order valence-electron chi connectivity index (χ1n) is 5.60. The van der Waals surface area contributed by atoms with E-state index in [4.69, 9.17) is 0 Å². The number of hydrogen-bond acceptors (Lipinski definition) is 2. The van der Waals surface area contributed by atoms with Gasteiger partial charge >= 0.3 is 0 Å². The molecule has 0 bridgehead atoms. The van der Waals surface area contributed by atoms with E-state index < -0.39 is 0 Å². The monoisotopic (exact) mass is 217 g/mol. The van der Waals surface area contributed by atoms with Gasteiger partial charge in [-0.15, -0.1) is 0 Å². The number of rotatable bonds is 2. The van der Waals surface area contributed by atoms with Gasteiger partial charge in [-0.25, -0.2) is 0 Å². The molecule has 0 amide bonds. The molecule has 1 aliphatic carbocycles. The van der Waals surface area contributed by atoms with Crippen molar-refractivity contribution in [3.05, 3.63) is 17.6 Å². The fourth-order valence-electron chi connectivity index (χ4n) is 1.54. The van der Waals surface area contributed by atoms with Gasteiger partial charge in [-0.1, -0.05) is 25.7 Å². The first-order chi connectivity index (χ1) is 7.52. The minimum Gasteiger partial charge on any atom is -0.295 e. The highest BCUT2D eigenvalue weighted by atomic mass is 16.1. The number of allylic oxidation sites excluding steroid dienone is 2. The summed E-state index contributed by atoms with van der Waals surface area (Å²) in [6.07, 6.45) is 3.01. The van der Waals surface area contributed by atoms with Crippen LogP contribution in [0.5, 0.6) is 0 Å². The zero-order valence-electron chi connectivity index (χ0n) is 10.1. The molecule has 85 valence electrons. The van der Waals surface area contributed by atoms with Crippen LogP contribution >= 0.6 is 0 Å². The van der Waals surface area contributed by atoms with Crippen LogP contribution in [0.1, 0.15) is 40.0 Å². The Hall–Kier alpha value is -1.36. The van der Waals surface area contributed by atoms with Gasteiger partial charge in [0.2, 0.25) is 0 Å². The number of Topliss-reactive ketones (excluding diaryl/α,β-unsaturated/α-hetero) is 2. The summed E-state index contributed by atoms with van der Waals surface area (Å²) in [5.41, 5.74) is 1.22. The topological polar surface area (TPSA) is 34.1 Å². The number of hydrogen-bond donors (Lipinski definition) is 0. The van der Waals surface area contributed by atoms with Gasteiger partial charge in [0.1, 0.15) is 0 Å². The van der Waals surface area contributed by atoms with Gasteiger partial charge in [-0.2, -0.15) is 0 Å². The van der Waals surface area contributed by atoms with Crippen molar-refractivity contribution in [3.8, 4) is 11.8 Å². The summed E-state index contributed by atoms with van der Waals surface area (Å²) in [4.78, 5) is 23.0. The lowest BCUT2D eigenvalue weighted by Gasteiger charge is -2.13. The molecule has 0 saturated carbocycles. The molecular formula is C14H17O2. The molecular weight excluding hydrogens is 200 g/mol. The van der Waals surface area contributed by atoms with Gasteiger partial charge < -0.3 is 0 Å². The highest BCUT2D eigenvalue weighted by Gasteiger charge is 2.22. The second kappa shape index (κ2) is 5.65. The maximum atomic E-state index is 11.6. The molecule has 0 N–H and O–H groups in total. The molecule has 0 aromatic carbocycles. The fraction of sp³-hybridized carbons (Fsp3) is 0.500. The van der Waals surface area contributed by atoms with Gasteiger partial charge in [0, 0.05) is 31.3 Å². The molecule has 0 aromatic heterocycles. The minimum absolute atomic E-state index is 0.0796. The van der Waals surface area contributed by atoms with Crippen molar-refractivity contribution >= 4 is 11.6 Å².